The smallest absolute Gasteiger partial charge is 0.242 e. The molecule has 1 aliphatic rings. The molecule has 0 spiro atoms. The van der Waals surface area contributed by atoms with E-state index in [9.17, 15) is 9.59 Å². The Morgan fingerprint density at radius 2 is 2.24 bits per heavy atom. The third kappa shape index (κ3) is 3.88. The number of nitrogens with zero attached hydrogens (tertiary/aromatic N) is 1. The van der Waals surface area contributed by atoms with Gasteiger partial charge < -0.3 is 15.0 Å². The highest BCUT2D eigenvalue weighted by atomic mass is 35.5. The van der Waals surface area contributed by atoms with E-state index < -0.39 is 0 Å². The van der Waals surface area contributed by atoms with Crippen LogP contribution >= 0.6 is 11.6 Å². The second-order valence-corrected chi connectivity index (χ2v) is 5.24. The molecule has 1 unspecified atom stereocenters. The second-order valence-electron chi connectivity index (χ2n) is 4.83. The molecule has 1 aromatic rings. The summed E-state index contributed by atoms with van der Waals surface area (Å²) in [4.78, 5) is 25.6. The van der Waals surface area contributed by atoms with Gasteiger partial charge in [-0.15, -0.1) is 0 Å². The lowest BCUT2D eigenvalue weighted by atomic mass is 10.1. The summed E-state index contributed by atoms with van der Waals surface area (Å²) in [5.74, 6) is 0.420. The lowest BCUT2D eigenvalue weighted by Gasteiger charge is -2.34. The molecular weight excluding hydrogens is 292 g/mol. The summed E-state index contributed by atoms with van der Waals surface area (Å²) in [5.41, 5.74) is 0. The first-order valence-corrected chi connectivity index (χ1v) is 7.45. The SMILES string of the molecule is CCC1C(=O)NCCN1C(=O)CCOc1ccccc1Cl. The quantitative estimate of drug-likeness (QED) is 0.903. The number of amides is 2. The van der Waals surface area contributed by atoms with Crippen LogP contribution in [-0.2, 0) is 9.59 Å². The molecule has 1 heterocycles. The number of rotatable bonds is 5. The van der Waals surface area contributed by atoms with Gasteiger partial charge in [-0.1, -0.05) is 30.7 Å². The number of carbonyl (C=O) groups excluding carboxylic acids is 2. The molecule has 0 aliphatic carbocycles. The molecule has 1 fully saturated rings. The minimum Gasteiger partial charge on any atom is -0.491 e. The lowest BCUT2D eigenvalue weighted by molar-refractivity contribution is -0.143. The molecule has 114 valence electrons. The Bertz CT molecular complexity index is 521. The molecule has 1 atom stereocenters. The van der Waals surface area contributed by atoms with Crippen LogP contribution in [0.3, 0.4) is 0 Å². The summed E-state index contributed by atoms with van der Waals surface area (Å²) in [5, 5.41) is 3.30. The van der Waals surface area contributed by atoms with E-state index in [0.29, 0.717) is 30.3 Å². The van der Waals surface area contributed by atoms with Gasteiger partial charge in [0.05, 0.1) is 18.1 Å². The summed E-state index contributed by atoms with van der Waals surface area (Å²) in [6.45, 7) is 3.20. The molecule has 0 bridgehead atoms. The second kappa shape index (κ2) is 7.31. The molecule has 1 aromatic carbocycles. The maximum absolute atomic E-state index is 12.2. The Hall–Kier alpha value is -1.75. The Balaban J connectivity index is 1.86. The van der Waals surface area contributed by atoms with Gasteiger partial charge in [0.1, 0.15) is 11.8 Å². The van der Waals surface area contributed by atoms with Gasteiger partial charge in [-0.3, -0.25) is 9.59 Å². The summed E-state index contributed by atoms with van der Waals surface area (Å²) in [7, 11) is 0. The van der Waals surface area contributed by atoms with Crippen molar-refractivity contribution in [3.8, 4) is 5.75 Å². The number of hydrogen-bond acceptors (Lipinski definition) is 3. The minimum absolute atomic E-state index is 0.0660. The third-order valence-corrected chi connectivity index (χ3v) is 3.76. The number of hydrogen-bond donors (Lipinski definition) is 1. The van der Waals surface area contributed by atoms with Crippen LogP contribution in [0.1, 0.15) is 19.8 Å². The van der Waals surface area contributed by atoms with Crippen molar-refractivity contribution in [1.29, 1.82) is 0 Å². The third-order valence-electron chi connectivity index (χ3n) is 3.45. The maximum Gasteiger partial charge on any atom is 0.242 e. The van der Waals surface area contributed by atoms with Crippen molar-refractivity contribution in [2.24, 2.45) is 0 Å². The molecule has 0 aromatic heterocycles. The zero-order valence-corrected chi connectivity index (χ0v) is 12.7. The molecule has 0 radical (unpaired) electrons. The lowest BCUT2D eigenvalue weighted by Crippen LogP contribution is -2.57. The average Bonchev–Trinajstić information content (AvgIpc) is 2.48. The largest absolute Gasteiger partial charge is 0.491 e. The normalized spacial score (nSPS) is 18.3. The van der Waals surface area contributed by atoms with Crippen LogP contribution in [-0.4, -0.2) is 42.5 Å². The molecule has 0 saturated carbocycles. The number of benzene rings is 1. The van der Waals surface area contributed by atoms with Gasteiger partial charge in [-0.25, -0.2) is 0 Å². The van der Waals surface area contributed by atoms with E-state index in [4.69, 9.17) is 16.3 Å². The van der Waals surface area contributed by atoms with Crippen molar-refractivity contribution in [3.63, 3.8) is 0 Å². The summed E-state index contributed by atoms with van der Waals surface area (Å²) >= 11 is 5.98. The molecule has 1 N–H and O–H groups in total. The minimum atomic E-state index is -0.369. The number of ether oxygens (including phenoxy) is 1. The highest BCUT2D eigenvalue weighted by molar-refractivity contribution is 6.32. The van der Waals surface area contributed by atoms with E-state index in [1.165, 1.54) is 0 Å². The monoisotopic (exact) mass is 310 g/mol. The first-order chi connectivity index (χ1) is 10.1. The standard InChI is InChI=1S/C15H19ClN2O3/c1-2-12-15(20)17-8-9-18(12)14(19)7-10-21-13-6-4-3-5-11(13)16/h3-6,12H,2,7-10H2,1H3,(H,17,20). The molecule has 1 aliphatic heterocycles. The molecule has 6 heteroatoms. The Kier molecular flexibility index (Phi) is 5.44. The van der Waals surface area contributed by atoms with Gasteiger partial charge in [0.2, 0.25) is 11.8 Å². The maximum atomic E-state index is 12.2. The van der Waals surface area contributed by atoms with Crippen LogP contribution in [0.15, 0.2) is 24.3 Å². The van der Waals surface area contributed by atoms with E-state index in [0.717, 1.165) is 0 Å². The van der Waals surface area contributed by atoms with Gasteiger partial charge in [-0.05, 0) is 18.6 Å². The molecule has 2 amide bonds. The predicted molar refractivity (Wildman–Crippen MR) is 80.4 cm³/mol. The topological polar surface area (TPSA) is 58.6 Å². The zero-order valence-electron chi connectivity index (χ0n) is 12.0. The Labute approximate surface area is 129 Å². The van der Waals surface area contributed by atoms with E-state index in [1.54, 1.807) is 17.0 Å². The van der Waals surface area contributed by atoms with Crippen LogP contribution in [0.4, 0.5) is 0 Å². The number of carbonyl (C=O) groups is 2. The fraction of sp³-hybridized carbons (Fsp3) is 0.467. The number of nitrogens with one attached hydrogen (secondary N) is 1. The van der Waals surface area contributed by atoms with Crippen molar-refractivity contribution >= 4 is 23.4 Å². The van der Waals surface area contributed by atoms with Gasteiger partial charge in [0.25, 0.3) is 0 Å². The van der Waals surface area contributed by atoms with Crippen LogP contribution in [0.5, 0.6) is 5.75 Å². The van der Waals surface area contributed by atoms with Gasteiger partial charge >= 0.3 is 0 Å². The van der Waals surface area contributed by atoms with E-state index in [1.807, 2.05) is 19.1 Å². The van der Waals surface area contributed by atoms with Crippen molar-refractivity contribution < 1.29 is 14.3 Å². The van der Waals surface area contributed by atoms with E-state index in [2.05, 4.69) is 5.32 Å². The van der Waals surface area contributed by atoms with Crippen molar-refractivity contribution in [2.45, 2.75) is 25.8 Å². The Morgan fingerprint density at radius 1 is 1.48 bits per heavy atom. The highest BCUT2D eigenvalue weighted by Crippen LogP contribution is 2.23. The fourth-order valence-electron chi connectivity index (χ4n) is 2.37. The highest BCUT2D eigenvalue weighted by Gasteiger charge is 2.31. The van der Waals surface area contributed by atoms with Crippen LogP contribution in [0.25, 0.3) is 0 Å². The van der Waals surface area contributed by atoms with E-state index >= 15 is 0 Å². The number of halogens is 1. The average molecular weight is 311 g/mol. The van der Waals surface area contributed by atoms with Crippen molar-refractivity contribution in [3.05, 3.63) is 29.3 Å². The first-order valence-electron chi connectivity index (χ1n) is 7.08. The molecule has 21 heavy (non-hydrogen) atoms. The molecule has 5 nitrogen and oxygen atoms in total. The fourth-order valence-corrected chi connectivity index (χ4v) is 2.56. The first kappa shape index (κ1) is 15.6. The van der Waals surface area contributed by atoms with Crippen LogP contribution < -0.4 is 10.1 Å². The summed E-state index contributed by atoms with van der Waals surface area (Å²) in [6.07, 6.45) is 0.845. The summed E-state index contributed by atoms with van der Waals surface area (Å²) < 4.78 is 5.51. The van der Waals surface area contributed by atoms with Crippen LogP contribution in [0.2, 0.25) is 5.02 Å². The molecule has 2 rings (SSSR count). The van der Waals surface area contributed by atoms with Crippen molar-refractivity contribution in [2.75, 3.05) is 19.7 Å². The van der Waals surface area contributed by atoms with Crippen LogP contribution in [0, 0.1) is 0 Å². The summed E-state index contributed by atoms with van der Waals surface area (Å²) in [6, 6.07) is 6.77. The van der Waals surface area contributed by atoms with Crippen molar-refractivity contribution in [1.82, 2.24) is 10.2 Å². The van der Waals surface area contributed by atoms with E-state index in [-0.39, 0.29) is 30.9 Å². The predicted octanol–water partition coefficient (Wildman–Crippen LogP) is 1.85. The number of para-hydroxylation sites is 1. The van der Waals surface area contributed by atoms with Gasteiger partial charge in [0, 0.05) is 13.1 Å². The number of piperazine rings is 1. The van der Waals surface area contributed by atoms with Gasteiger partial charge in [0.15, 0.2) is 0 Å². The zero-order chi connectivity index (χ0) is 15.2. The molecule has 1 saturated heterocycles. The Morgan fingerprint density at radius 3 is 2.95 bits per heavy atom. The van der Waals surface area contributed by atoms with Gasteiger partial charge in [-0.2, -0.15) is 0 Å². The molecular formula is C15H19ClN2O3.